The summed E-state index contributed by atoms with van der Waals surface area (Å²) >= 11 is 0. The summed E-state index contributed by atoms with van der Waals surface area (Å²) in [4.78, 5) is 17.5. The number of carbonyl (C=O) groups is 1. The van der Waals surface area contributed by atoms with Gasteiger partial charge in [0.1, 0.15) is 23.5 Å². The number of hydrogen-bond donors (Lipinski definition) is 1. The molecule has 1 N–H and O–H groups in total. The lowest BCUT2D eigenvalue weighted by molar-refractivity contribution is -0.133. The van der Waals surface area contributed by atoms with Gasteiger partial charge < -0.3 is 5.32 Å². The molecule has 2 aliphatic carbocycles. The molecule has 3 fully saturated rings. The van der Waals surface area contributed by atoms with Gasteiger partial charge in [0.2, 0.25) is 5.91 Å². The first-order chi connectivity index (χ1) is 17.7. The molecule has 1 heterocycles. The molecule has 0 radical (unpaired) electrons. The van der Waals surface area contributed by atoms with Crippen molar-refractivity contribution in [3.8, 4) is 11.1 Å². The lowest BCUT2D eigenvalue weighted by Gasteiger charge is -2.49. The molecule has 1 amide bonds. The SMILES string of the molecule is O=C(Cc1cccc(-c2cc(F)cc(F)c2)c1F)N[C@@H]1[C@@H](N2CCN(C3CCC3)CC2)CCCC1(F)F. The van der Waals surface area contributed by atoms with E-state index in [0.717, 1.165) is 25.2 Å². The van der Waals surface area contributed by atoms with Crippen LogP contribution in [0.4, 0.5) is 22.0 Å². The number of piperazine rings is 1. The van der Waals surface area contributed by atoms with Crippen LogP contribution in [0.5, 0.6) is 0 Å². The molecule has 1 saturated heterocycles. The van der Waals surface area contributed by atoms with E-state index in [1.165, 1.54) is 37.5 Å². The van der Waals surface area contributed by atoms with Crippen molar-refractivity contribution in [3.63, 3.8) is 0 Å². The highest BCUT2D eigenvalue weighted by Crippen LogP contribution is 2.37. The topological polar surface area (TPSA) is 35.6 Å². The lowest BCUT2D eigenvalue weighted by Crippen LogP contribution is -2.65. The molecular formula is C28H32F5N3O. The second-order valence-electron chi connectivity index (χ2n) is 10.5. The van der Waals surface area contributed by atoms with Crippen molar-refractivity contribution in [2.75, 3.05) is 26.2 Å². The third-order valence-electron chi connectivity index (χ3n) is 8.18. The maximum atomic E-state index is 15.2. The highest BCUT2D eigenvalue weighted by atomic mass is 19.3. The number of benzene rings is 2. The van der Waals surface area contributed by atoms with Crippen molar-refractivity contribution in [2.24, 2.45) is 0 Å². The van der Waals surface area contributed by atoms with Crippen molar-refractivity contribution in [1.82, 2.24) is 15.1 Å². The molecule has 3 aliphatic rings. The zero-order valence-corrected chi connectivity index (χ0v) is 20.7. The second kappa shape index (κ2) is 10.7. The molecule has 9 heteroatoms. The van der Waals surface area contributed by atoms with Crippen LogP contribution in [0.25, 0.3) is 11.1 Å². The van der Waals surface area contributed by atoms with Crippen molar-refractivity contribution < 1.29 is 26.7 Å². The Morgan fingerprint density at radius 1 is 0.919 bits per heavy atom. The van der Waals surface area contributed by atoms with Crippen molar-refractivity contribution in [3.05, 3.63) is 59.4 Å². The van der Waals surface area contributed by atoms with Crippen LogP contribution in [0.1, 0.15) is 44.1 Å². The van der Waals surface area contributed by atoms with Gasteiger partial charge in [0.05, 0.1) is 6.42 Å². The van der Waals surface area contributed by atoms with Gasteiger partial charge in [0.15, 0.2) is 0 Å². The number of halogens is 5. The van der Waals surface area contributed by atoms with E-state index in [1.807, 2.05) is 0 Å². The van der Waals surface area contributed by atoms with Crippen LogP contribution in [0, 0.1) is 17.5 Å². The summed E-state index contributed by atoms with van der Waals surface area (Å²) in [6.07, 6.45) is 3.85. The Labute approximate surface area is 213 Å². The largest absolute Gasteiger partial charge is 0.345 e. The Bertz CT molecular complexity index is 1110. The molecule has 0 bridgehead atoms. The van der Waals surface area contributed by atoms with Crippen LogP contribution in [0.15, 0.2) is 36.4 Å². The first-order valence-electron chi connectivity index (χ1n) is 13.1. The number of rotatable bonds is 6. The standard InChI is InChI=1S/C28H32F5N3O/c29-20-14-19(15-21(30)17-20)23-7-1-4-18(26(23)31)16-25(37)34-27-24(8-3-9-28(27,32)33)36-12-10-35(11-13-36)22-5-2-6-22/h1,4,7,14-15,17,22,24,27H,2-3,5-6,8-13,16H2,(H,34,37)/t24-,27+/m0/s1. The lowest BCUT2D eigenvalue weighted by atomic mass is 9.85. The van der Waals surface area contributed by atoms with E-state index in [9.17, 15) is 13.6 Å². The van der Waals surface area contributed by atoms with E-state index >= 15 is 13.2 Å². The van der Waals surface area contributed by atoms with Crippen LogP contribution < -0.4 is 5.32 Å². The Hall–Kier alpha value is -2.52. The highest BCUT2D eigenvalue weighted by Gasteiger charge is 2.50. The van der Waals surface area contributed by atoms with Crippen molar-refractivity contribution in [2.45, 2.75) is 69.0 Å². The maximum absolute atomic E-state index is 15.2. The number of nitrogens with one attached hydrogen (secondary N) is 1. The molecule has 0 unspecified atom stereocenters. The molecule has 2 aromatic carbocycles. The van der Waals surface area contributed by atoms with Gasteiger partial charge in [0.25, 0.3) is 5.92 Å². The first kappa shape index (κ1) is 26.1. The highest BCUT2D eigenvalue weighted by molar-refractivity contribution is 5.80. The summed E-state index contributed by atoms with van der Waals surface area (Å²) < 4.78 is 72.7. The number of amides is 1. The average molecular weight is 522 g/mol. The Kier molecular flexibility index (Phi) is 7.54. The Morgan fingerprint density at radius 2 is 1.59 bits per heavy atom. The minimum Gasteiger partial charge on any atom is -0.345 e. The summed E-state index contributed by atoms with van der Waals surface area (Å²) in [6, 6.07) is 5.68. The van der Waals surface area contributed by atoms with Crippen LogP contribution in [0.2, 0.25) is 0 Å². The number of alkyl halides is 2. The fraction of sp³-hybridized carbons (Fsp3) is 0.536. The molecular weight excluding hydrogens is 489 g/mol. The smallest absolute Gasteiger partial charge is 0.269 e. The van der Waals surface area contributed by atoms with Crippen molar-refractivity contribution >= 4 is 5.91 Å². The zero-order valence-electron chi connectivity index (χ0n) is 20.7. The summed E-state index contributed by atoms with van der Waals surface area (Å²) in [6.45, 7) is 3.05. The van der Waals surface area contributed by atoms with Gasteiger partial charge in [-0.05, 0) is 48.9 Å². The van der Waals surface area contributed by atoms with Gasteiger partial charge in [-0.2, -0.15) is 0 Å². The molecule has 2 aromatic rings. The molecule has 1 aliphatic heterocycles. The summed E-state index contributed by atoms with van der Waals surface area (Å²) in [5.41, 5.74) is -0.0875. The van der Waals surface area contributed by atoms with E-state index in [4.69, 9.17) is 0 Å². The van der Waals surface area contributed by atoms with Gasteiger partial charge in [-0.25, -0.2) is 22.0 Å². The molecule has 0 aromatic heterocycles. The van der Waals surface area contributed by atoms with E-state index in [2.05, 4.69) is 15.1 Å². The number of nitrogens with zero attached hydrogens (tertiary/aromatic N) is 2. The van der Waals surface area contributed by atoms with E-state index in [0.29, 0.717) is 38.0 Å². The normalized spacial score (nSPS) is 25.0. The quantitative estimate of drug-likeness (QED) is 0.534. The number of hydrogen-bond acceptors (Lipinski definition) is 3. The van der Waals surface area contributed by atoms with Crippen LogP contribution in [0.3, 0.4) is 0 Å². The minimum absolute atomic E-state index is 0.00261. The fourth-order valence-electron chi connectivity index (χ4n) is 5.98. The van der Waals surface area contributed by atoms with Crippen LogP contribution >= 0.6 is 0 Å². The Morgan fingerprint density at radius 3 is 2.24 bits per heavy atom. The number of carbonyl (C=O) groups excluding carboxylic acids is 1. The zero-order chi connectivity index (χ0) is 26.2. The van der Waals surface area contributed by atoms with Gasteiger partial charge in [-0.1, -0.05) is 24.6 Å². The van der Waals surface area contributed by atoms with E-state index in [1.54, 1.807) is 0 Å². The molecule has 2 atom stereocenters. The Balaban J connectivity index is 1.28. The maximum Gasteiger partial charge on any atom is 0.269 e. The summed E-state index contributed by atoms with van der Waals surface area (Å²) in [5, 5.41) is 2.54. The van der Waals surface area contributed by atoms with E-state index in [-0.39, 0.29) is 23.1 Å². The summed E-state index contributed by atoms with van der Waals surface area (Å²) in [5.74, 6) is -6.27. The monoisotopic (exact) mass is 521 g/mol. The van der Waals surface area contributed by atoms with Crippen LogP contribution in [-0.4, -0.2) is 65.9 Å². The van der Waals surface area contributed by atoms with Crippen LogP contribution in [-0.2, 0) is 11.2 Å². The van der Waals surface area contributed by atoms with Gasteiger partial charge in [-0.3, -0.25) is 14.6 Å². The molecule has 2 saturated carbocycles. The molecule has 37 heavy (non-hydrogen) atoms. The summed E-state index contributed by atoms with van der Waals surface area (Å²) in [7, 11) is 0. The van der Waals surface area contributed by atoms with Gasteiger partial charge in [-0.15, -0.1) is 0 Å². The predicted molar refractivity (Wildman–Crippen MR) is 131 cm³/mol. The molecule has 4 nitrogen and oxygen atoms in total. The van der Waals surface area contributed by atoms with Gasteiger partial charge in [0, 0.05) is 56.3 Å². The minimum atomic E-state index is -3.07. The van der Waals surface area contributed by atoms with E-state index < -0.39 is 47.8 Å². The van der Waals surface area contributed by atoms with Crippen molar-refractivity contribution in [1.29, 1.82) is 0 Å². The molecule has 5 rings (SSSR count). The molecule has 0 spiro atoms. The average Bonchev–Trinajstić information content (AvgIpc) is 2.80. The third kappa shape index (κ3) is 5.67. The fourth-order valence-corrected chi connectivity index (χ4v) is 5.98. The third-order valence-corrected chi connectivity index (χ3v) is 8.18. The molecule has 200 valence electrons. The van der Waals surface area contributed by atoms with Gasteiger partial charge >= 0.3 is 0 Å². The predicted octanol–water partition coefficient (Wildman–Crippen LogP) is 5.16. The first-order valence-corrected chi connectivity index (χ1v) is 13.1. The second-order valence-corrected chi connectivity index (χ2v) is 10.5.